The first-order valence-corrected chi connectivity index (χ1v) is 9.48. The van der Waals surface area contributed by atoms with Crippen molar-refractivity contribution in [2.45, 2.75) is 0 Å². The normalized spacial score (nSPS) is 16.7. The van der Waals surface area contributed by atoms with E-state index in [1.165, 1.54) is 0 Å². The van der Waals surface area contributed by atoms with E-state index in [9.17, 15) is 13.2 Å². The first-order valence-electron chi connectivity index (χ1n) is 6.87. The molecule has 2 heterocycles. The summed E-state index contributed by atoms with van der Waals surface area (Å²) in [5.74, 6) is -1.31. The summed E-state index contributed by atoms with van der Waals surface area (Å²) in [4.78, 5) is 19.0. The zero-order valence-electron chi connectivity index (χ0n) is 12.0. The predicted molar refractivity (Wildman–Crippen MR) is 86.9 cm³/mol. The van der Waals surface area contributed by atoms with Crippen molar-refractivity contribution in [3.05, 3.63) is 22.8 Å². The topological polar surface area (TPSA) is 90.8 Å². The quantitative estimate of drug-likeness (QED) is 0.753. The Hall–Kier alpha value is -1.19. The maximum absolute atomic E-state index is 11.6. The van der Waals surface area contributed by atoms with Gasteiger partial charge >= 0.3 is 5.97 Å². The summed E-state index contributed by atoms with van der Waals surface area (Å²) in [6.07, 6.45) is 1.75. The standard InChI is InChI=1S/C13H18BrN3O4S/c14-11-1-2-12(15-9-11)17-5-3-16(4-6-17)7-8-22(20,21)10-13(18)19/h1-2,9H,3-8,10H2,(H,18,19). The highest BCUT2D eigenvalue weighted by molar-refractivity contribution is 9.10. The average Bonchev–Trinajstić information content (AvgIpc) is 2.45. The lowest BCUT2D eigenvalue weighted by Crippen LogP contribution is -2.48. The molecule has 0 amide bonds. The van der Waals surface area contributed by atoms with Gasteiger partial charge in [-0.15, -0.1) is 0 Å². The van der Waals surface area contributed by atoms with Gasteiger partial charge in [-0.2, -0.15) is 0 Å². The second kappa shape index (κ2) is 7.38. The van der Waals surface area contributed by atoms with Gasteiger partial charge in [0.15, 0.2) is 9.84 Å². The lowest BCUT2D eigenvalue weighted by Gasteiger charge is -2.35. The van der Waals surface area contributed by atoms with E-state index in [4.69, 9.17) is 5.11 Å². The second-order valence-electron chi connectivity index (χ2n) is 5.15. The Bertz CT molecular complexity index is 613. The van der Waals surface area contributed by atoms with Crippen LogP contribution in [0.4, 0.5) is 5.82 Å². The van der Waals surface area contributed by atoms with Crippen molar-refractivity contribution in [1.82, 2.24) is 9.88 Å². The van der Waals surface area contributed by atoms with Crippen LogP contribution in [0.3, 0.4) is 0 Å². The number of carbonyl (C=O) groups is 1. The van der Waals surface area contributed by atoms with Crippen molar-refractivity contribution in [2.75, 3.05) is 49.1 Å². The first-order chi connectivity index (χ1) is 10.4. The Balaban J connectivity index is 1.80. The molecule has 0 spiro atoms. The minimum atomic E-state index is -3.52. The molecule has 1 aromatic heterocycles. The van der Waals surface area contributed by atoms with Crippen LogP contribution in [0.25, 0.3) is 0 Å². The van der Waals surface area contributed by atoms with Gasteiger partial charge in [0.2, 0.25) is 0 Å². The van der Waals surface area contributed by atoms with E-state index in [1.807, 2.05) is 17.0 Å². The Morgan fingerprint density at radius 3 is 2.50 bits per heavy atom. The number of pyridine rings is 1. The number of aliphatic carboxylic acids is 1. The molecule has 0 bridgehead atoms. The molecule has 0 atom stereocenters. The summed E-state index contributed by atoms with van der Waals surface area (Å²) >= 11 is 3.35. The first kappa shape index (κ1) is 17.2. The van der Waals surface area contributed by atoms with Crippen molar-refractivity contribution < 1.29 is 18.3 Å². The van der Waals surface area contributed by atoms with Gasteiger partial charge in [0.25, 0.3) is 0 Å². The lowest BCUT2D eigenvalue weighted by molar-refractivity contribution is -0.134. The summed E-state index contributed by atoms with van der Waals surface area (Å²) in [6, 6.07) is 3.88. The van der Waals surface area contributed by atoms with Gasteiger partial charge in [0.05, 0.1) is 5.75 Å². The number of nitrogens with zero attached hydrogens (tertiary/aromatic N) is 3. The van der Waals surface area contributed by atoms with Gasteiger partial charge in [-0.05, 0) is 28.1 Å². The van der Waals surface area contributed by atoms with Crippen LogP contribution < -0.4 is 4.90 Å². The Labute approximate surface area is 138 Å². The third kappa shape index (κ3) is 5.22. The molecule has 1 N–H and O–H groups in total. The predicted octanol–water partition coefficient (Wildman–Crippen LogP) is 0.466. The van der Waals surface area contributed by atoms with E-state index < -0.39 is 21.6 Å². The number of piperazine rings is 1. The fraction of sp³-hybridized carbons (Fsp3) is 0.538. The summed E-state index contributed by atoms with van der Waals surface area (Å²) in [5, 5.41) is 8.56. The molecule has 1 fully saturated rings. The highest BCUT2D eigenvalue weighted by Gasteiger charge is 2.21. The van der Waals surface area contributed by atoms with Crippen LogP contribution in [0.1, 0.15) is 0 Å². The number of carboxylic acids is 1. The molecule has 2 rings (SSSR count). The number of halogens is 1. The van der Waals surface area contributed by atoms with Crippen LogP contribution in [-0.2, 0) is 14.6 Å². The SMILES string of the molecule is O=C(O)CS(=O)(=O)CCN1CCN(c2ccc(Br)cn2)CC1. The molecule has 22 heavy (non-hydrogen) atoms. The number of aromatic nitrogens is 1. The fourth-order valence-corrected chi connectivity index (χ4v) is 3.58. The van der Waals surface area contributed by atoms with E-state index in [0.717, 1.165) is 36.5 Å². The van der Waals surface area contributed by atoms with Crippen molar-refractivity contribution in [3.8, 4) is 0 Å². The van der Waals surface area contributed by atoms with E-state index in [-0.39, 0.29) is 5.75 Å². The third-order valence-electron chi connectivity index (χ3n) is 3.47. The maximum atomic E-state index is 11.6. The highest BCUT2D eigenvalue weighted by Crippen LogP contribution is 2.16. The number of carboxylic acid groups (broad SMARTS) is 1. The highest BCUT2D eigenvalue weighted by atomic mass is 79.9. The van der Waals surface area contributed by atoms with Gasteiger partial charge in [-0.1, -0.05) is 0 Å². The van der Waals surface area contributed by atoms with Crippen LogP contribution in [0, 0.1) is 0 Å². The number of anilines is 1. The van der Waals surface area contributed by atoms with Crippen LogP contribution in [0.2, 0.25) is 0 Å². The molecule has 0 unspecified atom stereocenters. The Morgan fingerprint density at radius 1 is 1.27 bits per heavy atom. The summed E-state index contributed by atoms with van der Waals surface area (Å²) in [7, 11) is -3.52. The van der Waals surface area contributed by atoms with Gasteiger partial charge < -0.3 is 10.0 Å². The van der Waals surface area contributed by atoms with E-state index in [1.54, 1.807) is 6.20 Å². The zero-order valence-corrected chi connectivity index (χ0v) is 14.4. The van der Waals surface area contributed by atoms with Crippen LogP contribution in [-0.4, -0.2) is 73.6 Å². The molecular weight excluding hydrogens is 374 g/mol. The second-order valence-corrected chi connectivity index (χ2v) is 8.25. The summed E-state index contributed by atoms with van der Waals surface area (Å²) in [5.41, 5.74) is 0. The number of hydrogen-bond acceptors (Lipinski definition) is 6. The molecule has 0 aliphatic carbocycles. The molecule has 0 radical (unpaired) electrons. The smallest absolute Gasteiger partial charge is 0.318 e. The fourth-order valence-electron chi connectivity index (χ4n) is 2.28. The Morgan fingerprint density at radius 2 is 1.95 bits per heavy atom. The number of rotatable bonds is 6. The van der Waals surface area contributed by atoms with E-state index in [2.05, 4.69) is 25.8 Å². The molecule has 0 saturated carbocycles. The Kier molecular flexibility index (Phi) is 5.76. The zero-order chi connectivity index (χ0) is 16.2. The number of hydrogen-bond donors (Lipinski definition) is 1. The molecule has 1 aromatic rings. The van der Waals surface area contributed by atoms with Crippen LogP contribution in [0.15, 0.2) is 22.8 Å². The molecule has 1 aliphatic rings. The largest absolute Gasteiger partial charge is 0.480 e. The van der Waals surface area contributed by atoms with E-state index >= 15 is 0 Å². The molecule has 1 aliphatic heterocycles. The molecule has 0 aromatic carbocycles. The van der Waals surface area contributed by atoms with Crippen molar-refractivity contribution in [1.29, 1.82) is 0 Å². The van der Waals surface area contributed by atoms with E-state index in [0.29, 0.717) is 6.54 Å². The molecular formula is C13H18BrN3O4S. The molecule has 122 valence electrons. The van der Waals surface area contributed by atoms with Gasteiger partial charge in [-0.3, -0.25) is 9.69 Å². The summed E-state index contributed by atoms with van der Waals surface area (Å²) < 4.78 is 24.1. The summed E-state index contributed by atoms with van der Waals surface area (Å²) in [6.45, 7) is 3.39. The van der Waals surface area contributed by atoms with Crippen molar-refractivity contribution in [3.63, 3.8) is 0 Å². The van der Waals surface area contributed by atoms with Gasteiger partial charge in [-0.25, -0.2) is 13.4 Å². The number of sulfone groups is 1. The third-order valence-corrected chi connectivity index (χ3v) is 5.43. The van der Waals surface area contributed by atoms with Gasteiger partial charge in [0.1, 0.15) is 11.6 Å². The molecule has 1 saturated heterocycles. The van der Waals surface area contributed by atoms with Crippen molar-refractivity contribution in [2.24, 2.45) is 0 Å². The minimum Gasteiger partial charge on any atom is -0.480 e. The van der Waals surface area contributed by atoms with Crippen molar-refractivity contribution >= 4 is 37.6 Å². The maximum Gasteiger partial charge on any atom is 0.318 e. The van der Waals surface area contributed by atoms with Crippen LogP contribution >= 0.6 is 15.9 Å². The molecule has 7 nitrogen and oxygen atoms in total. The van der Waals surface area contributed by atoms with Gasteiger partial charge in [0, 0.05) is 43.4 Å². The van der Waals surface area contributed by atoms with Crippen LogP contribution in [0.5, 0.6) is 0 Å². The average molecular weight is 392 g/mol. The minimum absolute atomic E-state index is 0.115. The lowest BCUT2D eigenvalue weighted by atomic mass is 10.3. The monoisotopic (exact) mass is 391 g/mol. The molecule has 9 heteroatoms.